The van der Waals surface area contributed by atoms with Crippen LogP contribution in [0.15, 0.2) is 0 Å². The smallest absolute Gasteiger partial charge is 0.338 e. The third-order valence-corrected chi connectivity index (χ3v) is 2.38. The number of rotatable bonds is 5. The second kappa shape index (κ2) is 4.61. The molecule has 0 radical (unpaired) electrons. The van der Waals surface area contributed by atoms with E-state index in [4.69, 9.17) is 9.47 Å². The molecule has 0 spiro atoms. The topological polar surface area (TPSA) is 67.9 Å². The molecule has 0 saturated carbocycles. The fourth-order valence-electron chi connectivity index (χ4n) is 1.43. The summed E-state index contributed by atoms with van der Waals surface area (Å²) in [5.74, 6) is -0.394. The first-order chi connectivity index (χ1) is 6.99. The molecule has 5 heteroatoms. The SMILES string of the molecule is CCOC(=O)[C@H]1O[C@]1(C)CCNC(C)=O. The van der Waals surface area contributed by atoms with E-state index in [0.717, 1.165) is 0 Å². The van der Waals surface area contributed by atoms with Gasteiger partial charge in [-0.05, 0) is 20.3 Å². The summed E-state index contributed by atoms with van der Waals surface area (Å²) in [6, 6.07) is 0. The van der Waals surface area contributed by atoms with E-state index < -0.39 is 11.7 Å². The van der Waals surface area contributed by atoms with Gasteiger partial charge < -0.3 is 14.8 Å². The molecule has 1 aliphatic heterocycles. The molecule has 1 rings (SSSR count). The molecule has 1 heterocycles. The molecule has 2 atom stereocenters. The summed E-state index contributed by atoms with van der Waals surface area (Å²) in [7, 11) is 0. The highest BCUT2D eigenvalue weighted by Gasteiger charge is 2.57. The van der Waals surface area contributed by atoms with Crippen LogP contribution < -0.4 is 5.32 Å². The fraction of sp³-hybridized carbons (Fsp3) is 0.800. The number of carbonyl (C=O) groups is 2. The van der Waals surface area contributed by atoms with Crippen LogP contribution in [0, 0.1) is 0 Å². The second-order valence-corrected chi connectivity index (χ2v) is 3.80. The van der Waals surface area contributed by atoms with E-state index in [1.54, 1.807) is 6.92 Å². The number of hydrogen-bond acceptors (Lipinski definition) is 4. The molecule has 1 amide bonds. The first-order valence-electron chi connectivity index (χ1n) is 5.08. The Labute approximate surface area is 89.1 Å². The summed E-state index contributed by atoms with van der Waals surface area (Å²) in [5.41, 5.74) is -0.464. The fourth-order valence-corrected chi connectivity index (χ4v) is 1.43. The number of esters is 1. The van der Waals surface area contributed by atoms with E-state index in [0.29, 0.717) is 19.6 Å². The van der Waals surface area contributed by atoms with Gasteiger partial charge in [-0.15, -0.1) is 0 Å². The van der Waals surface area contributed by atoms with Crippen LogP contribution in [0.2, 0.25) is 0 Å². The minimum atomic E-state index is -0.466. The lowest BCUT2D eigenvalue weighted by Gasteiger charge is -2.06. The number of carbonyl (C=O) groups excluding carboxylic acids is 2. The van der Waals surface area contributed by atoms with Crippen molar-refractivity contribution in [2.45, 2.75) is 38.9 Å². The molecule has 0 unspecified atom stereocenters. The van der Waals surface area contributed by atoms with Crippen molar-refractivity contribution in [1.29, 1.82) is 0 Å². The average molecular weight is 215 g/mol. The molecular weight excluding hydrogens is 198 g/mol. The number of amides is 1. The number of nitrogens with one attached hydrogen (secondary N) is 1. The Morgan fingerprint density at radius 2 is 2.20 bits per heavy atom. The standard InChI is InChI=1S/C10H17NO4/c1-4-14-9(13)8-10(3,15-8)5-6-11-7(2)12/h8H,4-6H2,1-3H3,(H,11,12)/t8-,10-/m1/s1. The highest BCUT2D eigenvalue weighted by Crippen LogP contribution is 2.39. The maximum Gasteiger partial charge on any atom is 0.338 e. The molecule has 0 aromatic rings. The number of ether oxygens (including phenoxy) is 2. The lowest BCUT2D eigenvalue weighted by Crippen LogP contribution is -2.27. The van der Waals surface area contributed by atoms with Gasteiger partial charge in [0.05, 0.1) is 6.61 Å². The Hall–Kier alpha value is -1.10. The Bertz CT molecular complexity index is 266. The Kier molecular flexibility index (Phi) is 3.68. The van der Waals surface area contributed by atoms with Crippen molar-refractivity contribution in [1.82, 2.24) is 5.32 Å². The minimum absolute atomic E-state index is 0.0769. The lowest BCUT2D eigenvalue weighted by atomic mass is 10.0. The van der Waals surface area contributed by atoms with E-state index >= 15 is 0 Å². The van der Waals surface area contributed by atoms with Gasteiger partial charge in [0.15, 0.2) is 6.10 Å². The van der Waals surface area contributed by atoms with Gasteiger partial charge in [0.25, 0.3) is 0 Å². The average Bonchev–Trinajstić information content (AvgIpc) is 2.78. The third-order valence-electron chi connectivity index (χ3n) is 2.38. The zero-order valence-corrected chi connectivity index (χ0v) is 9.33. The van der Waals surface area contributed by atoms with Gasteiger partial charge in [0.2, 0.25) is 5.91 Å². The summed E-state index contributed by atoms with van der Waals surface area (Å²) >= 11 is 0. The van der Waals surface area contributed by atoms with Gasteiger partial charge in [0.1, 0.15) is 5.60 Å². The molecule has 15 heavy (non-hydrogen) atoms. The van der Waals surface area contributed by atoms with Crippen LogP contribution in [-0.4, -0.2) is 36.7 Å². The van der Waals surface area contributed by atoms with Crippen molar-refractivity contribution in [2.24, 2.45) is 0 Å². The summed E-state index contributed by atoms with van der Waals surface area (Å²) in [6.07, 6.45) is 0.155. The minimum Gasteiger partial charge on any atom is -0.464 e. The Morgan fingerprint density at radius 3 is 2.73 bits per heavy atom. The maximum atomic E-state index is 11.3. The van der Waals surface area contributed by atoms with Crippen LogP contribution in [0.3, 0.4) is 0 Å². The molecule has 1 saturated heterocycles. The Balaban J connectivity index is 2.26. The van der Waals surface area contributed by atoms with Crippen molar-refractivity contribution in [3.8, 4) is 0 Å². The van der Waals surface area contributed by atoms with Crippen LogP contribution in [0.4, 0.5) is 0 Å². The van der Waals surface area contributed by atoms with Crippen LogP contribution in [-0.2, 0) is 19.1 Å². The summed E-state index contributed by atoms with van der Waals surface area (Å²) < 4.78 is 10.1. The van der Waals surface area contributed by atoms with Gasteiger partial charge in [-0.2, -0.15) is 0 Å². The molecule has 0 bridgehead atoms. The van der Waals surface area contributed by atoms with Crippen LogP contribution in [0.25, 0.3) is 0 Å². The van der Waals surface area contributed by atoms with Gasteiger partial charge in [-0.3, -0.25) is 4.79 Å². The maximum absolute atomic E-state index is 11.3. The number of epoxide rings is 1. The third kappa shape index (κ3) is 3.20. The molecule has 0 aromatic carbocycles. The van der Waals surface area contributed by atoms with Crippen molar-refractivity contribution >= 4 is 11.9 Å². The van der Waals surface area contributed by atoms with Crippen LogP contribution in [0.5, 0.6) is 0 Å². The molecule has 1 aliphatic rings. The molecule has 1 N–H and O–H groups in total. The van der Waals surface area contributed by atoms with E-state index in [2.05, 4.69) is 5.32 Å². The van der Waals surface area contributed by atoms with Crippen molar-refractivity contribution in [3.63, 3.8) is 0 Å². The summed E-state index contributed by atoms with van der Waals surface area (Å²) in [5, 5.41) is 2.66. The monoisotopic (exact) mass is 215 g/mol. The number of hydrogen-bond donors (Lipinski definition) is 1. The first-order valence-corrected chi connectivity index (χ1v) is 5.08. The zero-order chi connectivity index (χ0) is 11.5. The lowest BCUT2D eigenvalue weighted by molar-refractivity contribution is -0.144. The Morgan fingerprint density at radius 1 is 1.53 bits per heavy atom. The predicted molar refractivity (Wildman–Crippen MR) is 53.2 cm³/mol. The zero-order valence-electron chi connectivity index (χ0n) is 9.33. The largest absolute Gasteiger partial charge is 0.464 e. The molecule has 5 nitrogen and oxygen atoms in total. The van der Waals surface area contributed by atoms with E-state index in [-0.39, 0.29) is 11.9 Å². The van der Waals surface area contributed by atoms with E-state index in [1.807, 2.05) is 6.92 Å². The molecule has 86 valence electrons. The quantitative estimate of drug-likeness (QED) is 0.526. The molecule has 0 aromatic heterocycles. The molecule has 1 fully saturated rings. The summed E-state index contributed by atoms with van der Waals surface area (Å²) in [4.78, 5) is 21.9. The highest BCUT2D eigenvalue weighted by molar-refractivity contribution is 5.79. The van der Waals surface area contributed by atoms with Crippen LogP contribution in [0.1, 0.15) is 27.2 Å². The van der Waals surface area contributed by atoms with Crippen molar-refractivity contribution < 1.29 is 19.1 Å². The normalized spacial score (nSPS) is 28.3. The first kappa shape index (κ1) is 12.0. The molecule has 0 aliphatic carbocycles. The summed E-state index contributed by atoms with van der Waals surface area (Å²) in [6.45, 7) is 5.94. The van der Waals surface area contributed by atoms with Gasteiger partial charge in [-0.25, -0.2) is 4.79 Å². The highest BCUT2D eigenvalue weighted by atomic mass is 16.7. The molecular formula is C10H17NO4. The second-order valence-electron chi connectivity index (χ2n) is 3.80. The van der Waals surface area contributed by atoms with E-state index in [1.165, 1.54) is 6.92 Å². The van der Waals surface area contributed by atoms with Gasteiger partial charge in [-0.1, -0.05) is 0 Å². The predicted octanol–water partition coefficient (Wildman–Crippen LogP) is 0.233. The van der Waals surface area contributed by atoms with Crippen molar-refractivity contribution in [3.05, 3.63) is 0 Å². The van der Waals surface area contributed by atoms with Gasteiger partial charge in [0, 0.05) is 13.5 Å². The van der Waals surface area contributed by atoms with Crippen molar-refractivity contribution in [2.75, 3.05) is 13.2 Å². The van der Waals surface area contributed by atoms with E-state index in [9.17, 15) is 9.59 Å². The van der Waals surface area contributed by atoms with Gasteiger partial charge >= 0.3 is 5.97 Å². The van der Waals surface area contributed by atoms with Crippen LogP contribution >= 0.6 is 0 Å².